The molecule has 5 nitrogen and oxygen atoms in total. The molecule has 0 fully saturated rings. The first-order valence-corrected chi connectivity index (χ1v) is 8.65. The molecule has 0 spiro atoms. The molecule has 1 heterocycles. The number of aromatic nitrogens is 1. The third kappa shape index (κ3) is 3.33. The van der Waals surface area contributed by atoms with Gasteiger partial charge < -0.3 is 15.2 Å². The molecule has 0 aliphatic carbocycles. The molecule has 0 saturated heterocycles. The quantitative estimate of drug-likeness (QED) is 0.754. The maximum Gasteiger partial charge on any atom is 0.255 e. The molecular formula is C21H23N3O2. The van der Waals surface area contributed by atoms with Gasteiger partial charge in [0.15, 0.2) is 0 Å². The van der Waals surface area contributed by atoms with E-state index in [0.29, 0.717) is 17.7 Å². The van der Waals surface area contributed by atoms with Crippen LogP contribution < -0.4 is 15.8 Å². The monoisotopic (exact) mass is 349 g/mol. The van der Waals surface area contributed by atoms with Crippen LogP contribution in [-0.2, 0) is 6.42 Å². The zero-order valence-corrected chi connectivity index (χ0v) is 15.5. The second-order valence-corrected chi connectivity index (χ2v) is 6.57. The van der Waals surface area contributed by atoms with Crippen LogP contribution in [0.3, 0.4) is 0 Å². The second-order valence-electron chi connectivity index (χ2n) is 6.57. The number of rotatable bonds is 4. The van der Waals surface area contributed by atoms with Gasteiger partial charge in [0.25, 0.3) is 11.5 Å². The summed E-state index contributed by atoms with van der Waals surface area (Å²) < 4.78 is 0. The fourth-order valence-corrected chi connectivity index (χ4v) is 3.14. The first-order valence-electron chi connectivity index (χ1n) is 8.65. The van der Waals surface area contributed by atoms with Crippen LogP contribution in [-0.4, -0.2) is 25.0 Å². The van der Waals surface area contributed by atoms with Crippen LogP contribution in [0.5, 0.6) is 0 Å². The number of nitrogens with zero attached hydrogens (tertiary/aromatic N) is 1. The molecule has 0 saturated carbocycles. The number of pyridine rings is 1. The predicted molar refractivity (Wildman–Crippen MR) is 107 cm³/mol. The molecule has 0 bridgehead atoms. The van der Waals surface area contributed by atoms with E-state index >= 15 is 0 Å². The van der Waals surface area contributed by atoms with E-state index in [4.69, 9.17) is 0 Å². The molecule has 134 valence electrons. The van der Waals surface area contributed by atoms with Crippen LogP contribution in [0.4, 0.5) is 11.4 Å². The number of benzene rings is 2. The Bertz CT molecular complexity index is 1040. The van der Waals surface area contributed by atoms with Crippen molar-refractivity contribution in [1.29, 1.82) is 0 Å². The van der Waals surface area contributed by atoms with Gasteiger partial charge in [0, 0.05) is 42.0 Å². The van der Waals surface area contributed by atoms with Crippen LogP contribution in [0.15, 0.2) is 47.3 Å². The summed E-state index contributed by atoms with van der Waals surface area (Å²) in [5.41, 5.74) is 4.64. The summed E-state index contributed by atoms with van der Waals surface area (Å²) in [6.45, 7) is 3.93. The lowest BCUT2D eigenvalue weighted by atomic mass is 10.0. The van der Waals surface area contributed by atoms with Gasteiger partial charge in [0.2, 0.25) is 0 Å². The molecule has 2 aromatic carbocycles. The molecule has 1 aromatic heterocycles. The Balaban J connectivity index is 1.93. The van der Waals surface area contributed by atoms with Gasteiger partial charge in [-0.25, -0.2) is 0 Å². The number of hydrogen-bond acceptors (Lipinski definition) is 3. The third-order valence-corrected chi connectivity index (χ3v) is 4.63. The Hall–Kier alpha value is -3.08. The summed E-state index contributed by atoms with van der Waals surface area (Å²) in [5, 5.41) is 3.90. The van der Waals surface area contributed by atoms with Crippen LogP contribution in [0.1, 0.15) is 28.4 Å². The molecule has 0 radical (unpaired) electrons. The Labute approximate surface area is 152 Å². The maximum atomic E-state index is 12.6. The Kier molecular flexibility index (Phi) is 4.80. The minimum absolute atomic E-state index is 0.0698. The summed E-state index contributed by atoms with van der Waals surface area (Å²) in [5.74, 6) is -0.183. The SMILES string of the molecule is CCc1c(C)c2ccc(NC(=O)c3cccc(N(C)C)c3)cc2[nH]c1=O. The predicted octanol–water partition coefficient (Wildman–Crippen LogP) is 3.72. The topological polar surface area (TPSA) is 65.2 Å². The van der Waals surface area contributed by atoms with Gasteiger partial charge in [0.1, 0.15) is 0 Å². The van der Waals surface area contributed by atoms with E-state index in [0.717, 1.165) is 27.7 Å². The van der Waals surface area contributed by atoms with Crippen molar-refractivity contribution in [3.63, 3.8) is 0 Å². The number of aromatic amines is 1. The van der Waals surface area contributed by atoms with E-state index in [9.17, 15) is 9.59 Å². The van der Waals surface area contributed by atoms with E-state index < -0.39 is 0 Å². The summed E-state index contributed by atoms with van der Waals surface area (Å²) in [7, 11) is 3.87. The normalized spacial score (nSPS) is 10.8. The Morgan fingerprint density at radius 1 is 1.15 bits per heavy atom. The number of H-pyrrole nitrogens is 1. The highest BCUT2D eigenvalue weighted by Gasteiger charge is 2.11. The number of aryl methyl sites for hydroxylation is 1. The fourth-order valence-electron chi connectivity index (χ4n) is 3.14. The lowest BCUT2D eigenvalue weighted by Gasteiger charge is -2.14. The first-order chi connectivity index (χ1) is 12.4. The molecule has 3 rings (SSSR count). The van der Waals surface area contributed by atoms with Crippen molar-refractivity contribution in [3.8, 4) is 0 Å². The number of nitrogens with one attached hydrogen (secondary N) is 2. The van der Waals surface area contributed by atoms with Crippen LogP contribution in [0.25, 0.3) is 10.9 Å². The molecule has 3 aromatic rings. The van der Waals surface area contributed by atoms with Gasteiger partial charge in [-0.2, -0.15) is 0 Å². The number of carbonyl (C=O) groups excluding carboxylic acids is 1. The standard InChI is InChI=1S/C21H23N3O2/c1-5-17-13(2)18-10-9-15(12-19(18)23-21(17)26)22-20(25)14-7-6-8-16(11-14)24(3)4/h6-12H,5H2,1-4H3,(H,22,25)(H,23,26). The Morgan fingerprint density at radius 3 is 2.62 bits per heavy atom. The van der Waals surface area contributed by atoms with Crippen LogP contribution >= 0.6 is 0 Å². The van der Waals surface area contributed by atoms with Crippen molar-refractivity contribution in [1.82, 2.24) is 4.98 Å². The zero-order chi connectivity index (χ0) is 18.8. The summed E-state index contributed by atoms with van der Waals surface area (Å²) in [6, 6.07) is 13.0. The van der Waals surface area contributed by atoms with Gasteiger partial charge >= 0.3 is 0 Å². The van der Waals surface area contributed by atoms with E-state index in [1.165, 1.54) is 0 Å². The molecule has 0 unspecified atom stereocenters. The zero-order valence-electron chi connectivity index (χ0n) is 15.5. The smallest absolute Gasteiger partial charge is 0.255 e. The van der Waals surface area contributed by atoms with Crippen LogP contribution in [0, 0.1) is 6.92 Å². The molecule has 26 heavy (non-hydrogen) atoms. The maximum absolute atomic E-state index is 12.6. The van der Waals surface area contributed by atoms with Crippen molar-refractivity contribution in [2.45, 2.75) is 20.3 Å². The Morgan fingerprint density at radius 2 is 1.92 bits per heavy atom. The molecule has 1 amide bonds. The molecule has 0 atom stereocenters. The van der Waals surface area contributed by atoms with Gasteiger partial charge in [-0.3, -0.25) is 9.59 Å². The largest absolute Gasteiger partial charge is 0.378 e. The average molecular weight is 349 g/mol. The number of anilines is 2. The third-order valence-electron chi connectivity index (χ3n) is 4.63. The second kappa shape index (κ2) is 7.04. The first kappa shape index (κ1) is 17.7. The number of fused-ring (bicyclic) bond motifs is 1. The van der Waals surface area contributed by atoms with Gasteiger partial charge in [-0.05, 0) is 49.2 Å². The molecule has 0 aliphatic heterocycles. The van der Waals surface area contributed by atoms with E-state index in [-0.39, 0.29) is 11.5 Å². The van der Waals surface area contributed by atoms with Crippen molar-refractivity contribution in [2.24, 2.45) is 0 Å². The van der Waals surface area contributed by atoms with E-state index in [1.54, 1.807) is 12.1 Å². The molecule has 5 heteroatoms. The number of amides is 1. The van der Waals surface area contributed by atoms with Crippen molar-refractivity contribution >= 4 is 28.2 Å². The molecule has 0 aliphatic rings. The van der Waals surface area contributed by atoms with Gasteiger partial charge in [-0.1, -0.05) is 19.1 Å². The minimum Gasteiger partial charge on any atom is -0.378 e. The van der Waals surface area contributed by atoms with E-state index in [2.05, 4.69) is 10.3 Å². The lowest BCUT2D eigenvalue weighted by molar-refractivity contribution is 0.102. The van der Waals surface area contributed by atoms with E-state index in [1.807, 2.05) is 63.2 Å². The molecule has 2 N–H and O–H groups in total. The minimum atomic E-state index is -0.183. The van der Waals surface area contributed by atoms with Crippen molar-refractivity contribution in [3.05, 3.63) is 69.5 Å². The number of hydrogen-bond donors (Lipinski definition) is 2. The highest BCUT2D eigenvalue weighted by atomic mass is 16.1. The van der Waals surface area contributed by atoms with Crippen molar-refractivity contribution < 1.29 is 4.79 Å². The van der Waals surface area contributed by atoms with Gasteiger partial charge in [0.05, 0.1) is 5.52 Å². The summed E-state index contributed by atoms with van der Waals surface area (Å²) >= 11 is 0. The number of carbonyl (C=O) groups is 1. The molecular weight excluding hydrogens is 326 g/mol. The van der Waals surface area contributed by atoms with Crippen LogP contribution in [0.2, 0.25) is 0 Å². The highest BCUT2D eigenvalue weighted by molar-refractivity contribution is 6.05. The summed E-state index contributed by atoms with van der Waals surface area (Å²) in [4.78, 5) is 29.6. The lowest BCUT2D eigenvalue weighted by Crippen LogP contribution is -2.15. The fraction of sp³-hybridized carbons (Fsp3) is 0.238. The highest BCUT2D eigenvalue weighted by Crippen LogP contribution is 2.22. The van der Waals surface area contributed by atoms with Gasteiger partial charge in [-0.15, -0.1) is 0 Å². The van der Waals surface area contributed by atoms with Crippen molar-refractivity contribution in [2.75, 3.05) is 24.3 Å². The average Bonchev–Trinajstić information content (AvgIpc) is 2.62. The summed E-state index contributed by atoms with van der Waals surface area (Å²) in [6.07, 6.45) is 0.692.